The van der Waals surface area contributed by atoms with E-state index in [1.165, 1.54) is 4.68 Å². The summed E-state index contributed by atoms with van der Waals surface area (Å²) in [5.74, 6) is -0.180. The van der Waals surface area contributed by atoms with Crippen molar-refractivity contribution >= 4 is 5.91 Å². The Hall–Kier alpha value is -1.69. The number of carbonyl (C=O) groups excluding carboxylic acids is 1. The standard InChI is InChI=1S/C14H22N4O2/c1-4-14(2,3)16-12(19)9-18-13(20)7-10-8-15-6-5-11(10)17-18/h7,15H,4-6,8-9H2,1-3H3,(H,16,19). The molecule has 0 bridgehead atoms. The number of nitrogens with one attached hydrogen (secondary N) is 2. The zero-order valence-corrected chi connectivity index (χ0v) is 12.3. The van der Waals surface area contributed by atoms with Crippen molar-refractivity contribution in [3.63, 3.8) is 0 Å². The van der Waals surface area contributed by atoms with Crippen molar-refractivity contribution in [1.29, 1.82) is 0 Å². The minimum Gasteiger partial charge on any atom is -0.350 e. The van der Waals surface area contributed by atoms with Crippen LogP contribution in [0.2, 0.25) is 0 Å². The predicted octanol–water partition coefficient (Wildman–Crippen LogP) is 0.194. The number of rotatable bonds is 4. The third kappa shape index (κ3) is 3.45. The molecule has 2 rings (SSSR count). The van der Waals surface area contributed by atoms with Gasteiger partial charge in [-0.15, -0.1) is 0 Å². The molecule has 1 aromatic heterocycles. The van der Waals surface area contributed by atoms with Gasteiger partial charge in [0.1, 0.15) is 6.54 Å². The van der Waals surface area contributed by atoms with E-state index in [4.69, 9.17) is 0 Å². The lowest BCUT2D eigenvalue weighted by molar-refractivity contribution is -0.123. The molecule has 0 saturated carbocycles. The van der Waals surface area contributed by atoms with E-state index >= 15 is 0 Å². The quantitative estimate of drug-likeness (QED) is 0.824. The van der Waals surface area contributed by atoms with Crippen LogP contribution >= 0.6 is 0 Å². The highest BCUT2D eigenvalue weighted by Gasteiger charge is 2.19. The Morgan fingerprint density at radius 3 is 3.00 bits per heavy atom. The molecule has 0 aromatic carbocycles. The Morgan fingerprint density at radius 1 is 1.55 bits per heavy atom. The van der Waals surface area contributed by atoms with Crippen LogP contribution in [0.15, 0.2) is 10.9 Å². The molecule has 20 heavy (non-hydrogen) atoms. The molecule has 6 nitrogen and oxygen atoms in total. The molecular formula is C14H22N4O2. The maximum atomic E-state index is 12.0. The lowest BCUT2D eigenvalue weighted by Crippen LogP contribution is -2.45. The third-order valence-corrected chi connectivity index (χ3v) is 3.67. The van der Waals surface area contributed by atoms with E-state index in [0.29, 0.717) is 6.54 Å². The number of hydrogen-bond donors (Lipinski definition) is 2. The van der Waals surface area contributed by atoms with Gasteiger partial charge in [-0.3, -0.25) is 9.59 Å². The van der Waals surface area contributed by atoms with Crippen LogP contribution in [0.25, 0.3) is 0 Å². The van der Waals surface area contributed by atoms with Crippen molar-refractivity contribution in [2.24, 2.45) is 0 Å². The molecular weight excluding hydrogens is 256 g/mol. The molecule has 0 saturated heterocycles. The summed E-state index contributed by atoms with van der Waals surface area (Å²) in [5.41, 5.74) is 1.35. The molecule has 1 aromatic rings. The van der Waals surface area contributed by atoms with Gasteiger partial charge in [-0.1, -0.05) is 6.92 Å². The second kappa shape index (κ2) is 5.75. The Labute approximate surface area is 118 Å². The lowest BCUT2D eigenvalue weighted by Gasteiger charge is -2.24. The first-order valence-electron chi connectivity index (χ1n) is 7.03. The largest absolute Gasteiger partial charge is 0.350 e. The lowest BCUT2D eigenvalue weighted by atomic mass is 10.0. The van der Waals surface area contributed by atoms with Gasteiger partial charge >= 0.3 is 0 Å². The second-order valence-electron chi connectivity index (χ2n) is 5.82. The van der Waals surface area contributed by atoms with E-state index in [-0.39, 0.29) is 23.6 Å². The second-order valence-corrected chi connectivity index (χ2v) is 5.82. The van der Waals surface area contributed by atoms with Crippen LogP contribution in [0.5, 0.6) is 0 Å². The Balaban J connectivity index is 2.13. The van der Waals surface area contributed by atoms with Crippen LogP contribution in [0.3, 0.4) is 0 Å². The Bertz CT molecular complexity index is 563. The summed E-state index contributed by atoms with van der Waals surface area (Å²) < 4.78 is 1.26. The topological polar surface area (TPSA) is 76.0 Å². The molecule has 1 amide bonds. The number of aromatic nitrogens is 2. The number of nitrogens with zero attached hydrogens (tertiary/aromatic N) is 2. The summed E-state index contributed by atoms with van der Waals surface area (Å²) in [6.45, 7) is 7.43. The van der Waals surface area contributed by atoms with Gasteiger partial charge in [0.2, 0.25) is 5.91 Å². The van der Waals surface area contributed by atoms with Gasteiger partial charge in [0.05, 0.1) is 5.69 Å². The number of amides is 1. The summed E-state index contributed by atoms with van der Waals surface area (Å²) in [4.78, 5) is 23.9. The van der Waals surface area contributed by atoms with E-state index in [9.17, 15) is 9.59 Å². The van der Waals surface area contributed by atoms with Crippen LogP contribution in [-0.2, 0) is 24.3 Å². The normalized spacial score (nSPS) is 14.8. The first-order valence-corrected chi connectivity index (χ1v) is 7.03. The van der Waals surface area contributed by atoms with Crippen molar-refractivity contribution in [3.05, 3.63) is 27.7 Å². The summed E-state index contributed by atoms with van der Waals surface area (Å²) in [5, 5.41) is 10.4. The van der Waals surface area contributed by atoms with E-state index in [0.717, 1.165) is 30.6 Å². The average molecular weight is 278 g/mol. The van der Waals surface area contributed by atoms with E-state index < -0.39 is 0 Å². The van der Waals surface area contributed by atoms with Gasteiger partial charge in [-0.05, 0) is 25.8 Å². The maximum Gasteiger partial charge on any atom is 0.267 e. The molecule has 110 valence electrons. The zero-order chi connectivity index (χ0) is 14.8. The SMILES string of the molecule is CCC(C)(C)NC(=O)Cn1nc2c(cc1=O)CNCC2. The third-order valence-electron chi connectivity index (χ3n) is 3.67. The molecule has 0 fully saturated rings. The summed E-state index contributed by atoms with van der Waals surface area (Å²) >= 11 is 0. The summed E-state index contributed by atoms with van der Waals surface area (Å²) in [6.07, 6.45) is 1.62. The van der Waals surface area contributed by atoms with Crippen LogP contribution in [-0.4, -0.2) is 27.8 Å². The van der Waals surface area contributed by atoms with Gasteiger partial charge < -0.3 is 10.6 Å². The minimum absolute atomic E-state index is 0.0248. The Kier molecular flexibility index (Phi) is 4.23. The fourth-order valence-electron chi connectivity index (χ4n) is 2.11. The van der Waals surface area contributed by atoms with Gasteiger partial charge in [-0.2, -0.15) is 5.10 Å². The molecule has 1 aliphatic rings. The predicted molar refractivity (Wildman–Crippen MR) is 76.4 cm³/mol. The highest BCUT2D eigenvalue weighted by atomic mass is 16.2. The molecule has 2 heterocycles. The molecule has 6 heteroatoms. The fraction of sp³-hybridized carbons (Fsp3) is 0.643. The highest BCUT2D eigenvalue weighted by Crippen LogP contribution is 2.08. The van der Waals surface area contributed by atoms with Crippen LogP contribution in [0.1, 0.15) is 38.4 Å². The molecule has 2 N–H and O–H groups in total. The maximum absolute atomic E-state index is 12.0. The number of carbonyl (C=O) groups is 1. The van der Waals surface area contributed by atoms with E-state index in [1.54, 1.807) is 6.07 Å². The first-order chi connectivity index (χ1) is 9.41. The molecule has 0 unspecified atom stereocenters. The zero-order valence-electron chi connectivity index (χ0n) is 12.3. The molecule has 0 radical (unpaired) electrons. The smallest absolute Gasteiger partial charge is 0.267 e. The van der Waals surface area contributed by atoms with E-state index in [2.05, 4.69) is 15.7 Å². The highest BCUT2D eigenvalue weighted by molar-refractivity contribution is 5.76. The van der Waals surface area contributed by atoms with Crippen molar-refractivity contribution in [2.75, 3.05) is 6.54 Å². The molecule has 1 aliphatic heterocycles. The van der Waals surface area contributed by atoms with Gasteiger partial charge in [-0.25, -0.2) is 4.68 Å². The van der Waals surface area contributed by atoms with Gasteiger partial charge in [0.15, 0.2) is 0 Å². The fourth-order valence-corrected chi connectivity index (χ4v) is 2.11. The first kappa shape index (κ1) is 14.7. The van der Waals surface area contributed by atoms with Crippen LogP contribution in [0, 0.1) is 0 Å². The van der Waals surface area contributed by atoms with Gasteiger partial charge in [0.25, 0.3) is 5.56 Å². The van der Waals surface area contributed by atoms with Crippen molar-refractivity contribution < 1.29 is 4.79 Å². The van der Waals surface area contributed by atoms with Crippen molar-refractivity contribution in [2.45, 2.75) is 52.2 Å². The van der Waals surface area contributed by atoms with Crippen molar-refractivity contribution in [1.82, 2.24) is 20.4 Å². The van der Waals surface area contributed by atoms with Crippen LogP contribution in [0.4, 0.5) is 0 Å². The van der Waals surface area contributed by atoms with Crippen molar-refractivity contribution in [3.8, 4) is 0 Å². The average Bonchev–Trinajstić information content (AvgIpc) is 2.39. The van der Waals surface area contributed by atoms with Crippen LogP contribution < -0.4 is 16.2 Å². The summed E-state index contributed by atoms with van der Waals surface area (Å²) in [7, 11) is 0. The number of hydrogen-bond acceptors (Lipinski definition) is 4. The van der Waals surface area contributed by atoms with Gasteiger partial charge in [0, 0.05) is 31.1 Å². The molecule has 0 aliphatic carbocycles. The molecule has 0 spiro atoms. The molecule has 0 atom stereocenters. The number of fused-ring (bicyclic) bond motifs is 1. The Morgan fingerprint density at radius 2 is 2.30 bits per heavy atom. The van der Waals surface area contributed by atoms with E-state index in [1.807, 2.05) is 20.8 Å². The minimum atomic E-state index is -0.265. The monoisotopic (exact) mass is 278 g/mol. The summed E-state index contributed by atoms with van der Waals surface area (Å²) in [6, 6.07) is 1.58.